The molecule has 0 bridgehead atoms. The third-order valence-corrected chi connectivity index (χ3v) is 4.32. The van der Waals surface area contributed by atoms with Crippen molar-refractivity contribution in [3.05, 3.63) is 54.8 Å². The molecule has 0 amide bonds. The molecule has 0 aromatic heterocycles. The summed E-state index contributed by atoms with van der Waals surface area (Å²) < 4.78 is 6.11. The van der Waals surface area contributed by atoms with Crippen LogP contribution in [0.5, 0.6) is 5.75 Å². The molecule has 25 heavy (non-hydrogen) atoms. The average molecular weight is 342 g/mol. The molecule has 2 heteroatoms. The molecule has 0 radical (unpaired) electrons. The lowest BCUT2D eigenvalue weighted by Crippen LogP contribution is -2.25. The lowest BCUT2D eigenvalue weighted by Gasteiger charge is -2.26. The van der Waals surface area contributed by atoms with Crippen molar-refractivity contribution >= 4 is 11.3 Å². The summed E-state index contributed by atoms with van der Waals surface area (Å²) in [5.74, 6) is 1.73. The van der Waals surface area contributed by atoms with Crippen LogP contribution in [0.15, 0.2) is 49.3 Å². The molecular formula is C23H35NO. The maximum Gasteiger partial charge on any atom is 0.136 e. The summed E-state index contributed by atoms with van der Waals surface area (Å²) in [7, 11) is 0. The van der Waals surface area contributed by atoms with Crippen LogP contribution in [-0.4, -0.2) is 13.1 Å². The van der Waals surface area contributed by atoms with Crippen LogP contribution in [0, 0.1) is 0 Å². The lowest BCUT2D eigenvalue weighted by molar-refractivity contribution is 0.426. The van der Waals surface area contributed by atoms with E-state index >= 15 is 0 Å². The molecule has 138 valence electrons. The highest BCUT2D eigenvalue weighted by Gasteiger charge is 2.12. The summed E-state index contributed by atoms with van der Waals surface area (Å²) in [5, 5.41) is 0. The summed E-state index contributed by atoms with van der Waals surface area (Å²) >= 11 is 0. The van der Waals surface area contributed by atoms with Gasteiger partial charge in [-0.25, -0.2) is 0 Å². The van der Waals surface area contributed by atoms with E-state index in [0.717, 1.165) is 42.2 Å². The summed E-state index contributed by atoms with van der Waals surface area (Å²) in [6.45, 7) is 18.7. The normalized spacial score (nSPS) is 11.3. The zero-order valence-corrected chi connectivity index (χ0v) is 16.6. The minimum atomic E-state index is 0.839. The van der Waals surface area contributed by atoms with Crippen molar-refractivity contribution in [3.8, 4) is 5.75 Å². The van der Waals surface area contributed by atoms with E-state index in [4.69, 9.17) is 4.74 Å². The highest BCUT2D eigenvalue weighted by molar-refractivity contribution is 5.71. The molecule has 0 saturated heterocycles. The number of nitrogens with zero attached hydrogens (tertiary/aromatic N) is 1. The molecule has 2 nitrogen and oxygen atoms in total. The fourth-order valence-corrected chi connectivity index (χ4v) is 2.72. The second-order valence-corrected chi connectivity index (χ2v) is 6.45. The molecule has 0 aliphatic rings. The van der Waals surface area contributed by atoms with Gasteiger partial charge in [-0.1, -0.05) is 52.8 Å². The lowest BCUT2D eigenvalue weighted by atomic mass is 10.0. The minimum absolute atomic E-state index is 0.839. The Balaban J connectivity index is 3.20. The first-order valence-electron chi connectivity index (χ1n) is 9.61. The highest BCUT2D eigenvalue weighted by atomic mass is 16.5. The Labute approximate surface area is 154 Å². The van der Waals surface area contributed by atoms with Crippen molar-refractivity contribution in [2.45, 2.75) is 59.8 Å². The van der Waals surface area contributed by atoms with Gasteiger partial charge in [-0.15, -0.1) is 0 Å². The summed E-state index contributed by atoms with van der Waals surface area (Å²) in [6, 6.07) is 6.53. The molecule has 0 aliphatic carbocycles. The van der Waals surface area contributed by atoms with Crippen molar-refractivity contribution in [2.75, 3.05) is 18.0 Å². The predicted molar refractivity (Wildman–Crippen MR) is 112 cm³/mol. The molecule has 0 unspecified atom stereocenters. The maximum atomic E-state index is 6.11. The topological polar surface area (TPSA) is 12.5 Å². The van der Waals surface area contributed by atoms with E-state index in [1.54, 1.807) is 6.08 Å². The van der Waals surface area contributed by atoms with Crippen molar-refractivity contribution in [2.24, 2.45) is 0 Å². The Morgan fingerprint density at radius 3 is 2.28 bits per heavy atom. The van der Waals surface area contributed by atoms with Gasteiger partial charge in [0, 0.05) is 30.4 Å². The molecule has 1 rings (SSSR count). The van der Waals surface area contributed by atoms with Gasteiger partial charge in [0.2, 0.25) is 0 Å². The summed E-state index contributed by atoms with van der Waals surface area (Å²) in [5.41, 5.74) is 3.42. The molecule has 0 heterocycles. The molecule has 1 aromatic rings. The Hall–Kier alpha value is -1.96. The number of benzene rings is 1. The number of hydrogen-bond acceptors (Lipinski definition) is 2. The van der Waals surface area contributed by atoms with Gasteiger partial charge in [0.1, 0.15) is 11.5 Å². The highest BCUT2D eigenvalue weighted by Crippen LogP contribution is 2.33. The van der Waals surface area contributed by atoms with Crippen molar-refractivity contribution < 1.29 is 4.74 Å². The van der Waals surface area contributed by atoms with E-state index in [0.29, 0.717) is 0 Å². The van der Waals surface area contributed by atoms with Crippen LogP contribution < -0.4 is 9.64 Å². The van der Waals surface area contributed by atoms with Crippen LogP contribution in [0.4, 0.5) is 5.69 Å². The monoisotopic (exact) mass is 341 g/mol. The molecule has 0 spiro atoms. The molecular weight excluding hydrogens is 306 g/mol. The zero-order chi connectivity index (χ0) is 18.7. The Morgan fingerprint density at radius 1 is 1.12 bits per heavy atom. The maximum absolute atomic E-state index is 6.11. The van der Waals surface area contributed by atoms with E-state index in [9.17, 15) is 0 Å². The van der Waals surface area contributed by atoms with Gasteiger partial charge in [-0.05, 0) is 50.0 Å². The van der Waals surface area contributed by atoms with Gasteiger partial charge in [-0.2, -0.15) is 0 Å². The molecule has 0 aliphatic heterocycles. The van der Waals surface area contributed by atoms with E-state index in [2.05, 4.69) is 57.0 Å². The minimum Gasteiger partial charge on any atom is -0.461 e. The number of rotatable bonds is 12. The Bertz CT molecular complexity index is 578. The van der Waals surface area contributed by atoms with Gasteiger partial charge in [0.15, 0.2) is 0 Å². The Kier molecular flexibility index (Phi) is 9.76. The number of allylic oxidation sites excluding steroid dienone is 4. The predicted octanol–water partition coefficient (Wildman–Crippen LogP) is 6.99. The van der Waals surface area contributed by atoms with Crippen LogP contribution in [0.25, 0.3) is 5.57 Å². The molecule has 1 aromatic carbocycles. The van der Waals surface area contributed by atoms with Crippen molar-refractivity contribution in [1.82, 2.24) is 0 Å². The van der Waals surface area contributed by atoms with Crippen LogP contribution in [0.2, 0.25) is 0 Å². The van der Waals surface area contributed by atoms with Gasteiger partial charge >= 0.3 is 0 Å². The summed E-state index contributed by atoms with van der Waals surface area (Å²) in [6.07, 6.45) is 9.38. The number of ether oxygens (including phenoxy) is 1. The quantitative estimate of drug-likeness (QED) is 0.300. The van der Waals surface area contributed by atoms with Crippen LogP contribution in [0.1, 0.15) is 65.4 Å². The van der Waals surface area contributed by atoms with Crippen LogP contribution in [-0.2, 0) is 0 Å². The fraction of sp³-hybridized carbons (Fsp3) is 0.478. The van der Waals surface area contributed by atoms with Gasteiger partial charge in [0.25, 0.3) is 0 Å². The van der Waals surface area contributed by atoms with Crippen LogP contribution >= 0.6 is 0 Å². The molecule has 0 fully saturated rings. The van der Waals surface area contributed by atoms with Gasteiger partial charge < -0.3 is 9.64 Å². The fourth-order valence-electron chi connectivity index (χ4n) is 2.72. The van der Waals surface area contributed by atoms with Gasteiger partial charge in [0.05, 0.1) is 0 Å². The second-order valence-electron chi connectivity index (χ2n) is 6.45. The van der Waals surface area contributed by atoms with Gasteiger partial charge in [-0.3, -0.25) is 0 Å². The Morgan fingerprint density at radius 2 is 1.76 bits per heavy atom. The zero-order valence-electron chi connectivity index (χ0n) is 16.6. The first-order chi connectivity index (χ1) is 12.1. The standard InChI is InChI=1S/C23H35NO/c1-7-11-16-24(17-12-8-2)21-14-15-22(19(5)10-4)23(18-21)25-20(6)13-9-3/h9,13-15,18H,3,5,7-8,10-12,16-17H2,1-2,4,6H3/b20-13-. The average Bonchev–Trinajstić information content (AvgIpc) is 2.61. The molecule has 0 N–H and O–H groups in total. The van der Waals surface area contributed by atoms with E-state index < -0.39 is 0 Å². The van der Waals surface area contributed by atoms with E-state index in [-0.39, 0.29) is 0 Å². The smallest absolute Gasteiger partial charge is 0.136 e. The second kappa shape index (κ2) is 11.6. The summed E-state index contributed by atoms with van der Waals surface area (Å²) in [4.78, 5) is 2.48. The van der Waals surface area contributed by atoms with Crippen molar-refractivity contribution in [3.63, 3.8) is 0 Å². The first-order valence-corrected chi connectivity index (χ1v) is 9.61. The van der Waals surface area contributed by atoms with E-state index in [1.165, 1.54) is 31.4 Å². The van der Waals surface area contributed by atoms with E-state index in [1.807, 2.05) is 13.0 Å². The third kappa shape index (κ3) is 6.81. The number of unbranched alkanes of at least 4 members (excludes halogenated alkanes) is 2. The third-order valence-electron chi connectivity index (χ3n) is 4.32. The SMILES string of the molecule is C=C/C=C(/C)Oc1cc(N(CCCC)CCCC)ccc1C(=C)CC. The molecule has 0 atom stereocenters. The molecule has 0 saturated carbocycles. The number of anilines is 1. The van der Waals surface area contributed by atoms with Crippen LogP contribution in [0.3, 0.4) is 0 Å². The number of hydrogen-bond donors (Lipinski definition) is 0. The largest absolute Gasteiger partial charge is 0.461 e. The first kappa shape index (κ1) is 21.1. The van der Waals surface area contributed by atoms with Crippen molar-refractivity contribution in [1.29, 1.82) is 0 Å².